The Kier molecular flexibility index (Phi) is 4.39. The number of hydrogen-bond donors (Lipinski definition) is 0. The highest BCUT2D eigenvalue weighted by molar-refractivity contribution is 5.81. The van der Waals surface area contributed by atoms with Gasteiger partial charge in [-0.25, -0.2) is 0 Å². The lowest BCUT2D eigenvalue weighted by Gasteiger charge is -2.11. The predicted molar refractivity (Wildman–Crippen MR) is 49.6 cm³/mol. The fraction of sp³-hybridized carbons (Fsp3) is 0.900. The molecule has 0 aliphatic carbocycles. The van der Waals surface area contributed by atoms with Gasteiger partial charge in [0.2, 0.25) is 0 Å². The van der Waals surface area contributed by atoms with E-state index in [9.17, 15) is 4.79 Å². The van der Waals surface area contributed by atoms with Crippen LogP contribution in [0.25, 0.3) is 0 Å². The number of ether oxygens (including phenoxy) is 2. The quantitative estimate of drug-likeness (QED) is 0.648. The van der Waals surface area contributed by atoms with Crippen molar-refractivity contribution in [3.8, 4) is 0 Å². The lowest BCUT2D eigenvalue weighted by Crippen LogP contribution is -2.19. The average Bonchev–Trinajstić information content (AvgIpc) is 2.55. The molecule has 1 aliphatic heterocycles. The van der Waals surface area contributed by atoms with Gasteiger partial charge in [0.25, 0.3) is 0 Å². The molecule has 0 bridgehead atoms. The minimum Gasteiger partial charge on any atom is -0.384 e. The summed E-state index contributed by atoms with van der Waals surface area (Å²) in [6.07, 6.45) is 1.53. The monoisotopic (exact) mass is 186 g/mol. The van der Waals surface area contributed by atoms with Crippen LogP contribution in [0.15, 0.2) is 0 Å². The molecule has 0 aromatic rings. The minimum absolute atomic E-state index is 0.152. The van der Waals surface area contributed by atoms with Gasteiger partial charge in [0, 0.05) is 32.7 Å². The molecule has 13 heavy (non-hydrogen) atoms. The van der Waals surface area contributed by atoms with Gasteiger partial charge in [0.1, 0.15) is 5.78 Å². The summed E-state index contributed by atoms with van der Waals surface area (Å²) in [7, 11) is 1.67. The third kappa shape index (κ3) is 3.44. The van der Waals surface area contributed by atoms with Crippen molar-refractivity contribution in [1.29, 1.82) is 0 Å². The fourth-order valence-corrected chi connectivity index (χ4v) is 1.64. The molecule has 0 aromatic heterocycles. The highest BCUT2D eigenvalue weighted by atomic mass is 16.5. The molecule has 1 heterocycles. The molecule has 0 amide bonds. The van der Waals surface area contributed by atoms with E-state index in [2.05, 4.69) is 0 Å². The van der Waals surface area contributed by atoms with E-state index in [0.717, 1.165) is 13.0 Å². The van der Waals surface area contributed by atoms with E-state index in [0.29, 0.717) is 31.3 Å². The van der Waals surface area contributed by atoms with Crippen LogP contribution in [0.5, 0.6) is 0 Å². The molecule has 2 atom stereocenters. The maximum Gasteiger partial charge on any atom is 0.138 e. The third-order valence-corrected chi connectivity index (χ3v) is 2.39. The molecule has 3 heteroatoms. The van der Waals surface area contributed by atoms with E-state index in [4.69, 9.17) is 9.47 Å². The van der Waals surface area contributed by atoms with Gasteiger partial charge in [0.05, 0.1) is 6.61 Å². The maximum atomic E-state index is 11.6. The van der Waals surface area contributed by atoms with Crippen molar-refractivity contribution in [3.63, 3.8) is 0 Å². The summed E-state index contributed by atoms with van der Waals surface area (Å²) in [5.41, 5.74) is 0. The van der Waals surface area contributed by atoms with Gasteiger partial charge in [-0.1, -0.05) is 6.92 Å². The van der Waals surface area contributed by atoms with Crippen molar-refractivity contribution >= 4 is 5.78 Å². The van der Waals surface area contributed by atoms with Crippen molar-refractivity contribution < 1.29 is 14.3 Å². The topological polar surface area (TPSA) is 35.5 Å². The zero-order chi connectivity index (χ0) is 9.68. The van der Waals surface area contributed by atoms with E-state index in [1.807, 2.05) is 6.92 Å². The first-order chi connectivity index (χ1) is 6.24. The Morgan fingerprint density at radius 1 is 1.69 bits per heavy atom. The molecule has 0 saturated carbocycles. The second kappa shape index (κ2) is 5.35. The van der Waals surface area contributed by atoms with E-state index in [1.54, 1.807) is 7.11 Å². The summed E-state index contributed by atoms with van der Waals surface area (Å²) in [5, 5.41) is 0. The first-order valence-corrected chi connectivity index (χ1v) is 4.83. The van der Waals surface area contributed by atoms with Gasteiger partial charge >= 0.3 is 0 Å². The molecule has 0 N–H and O–H groups in total. The summed E-state index contributed by atoms with van der Waals surface area (Å²) in [5.74, 6) is 0.819. The van der Waals surface area contributed by atoms with Crippen LogP contribution in [-0.4, -0.2) is 32.7 Å². The van der Waals surface area contributed by atoms with Gasteiger partial charge in [-0.15, -0.1) is 0 Å². The smallest absolute Gasteiger partial charge is 0.138 e. The number of Topliss-reactive ketones (excluding diaryl/α,β-unsaturated/α-hetero) is 1. The molecular formula is C10H18O3. The van der Waals surface area contributed by atoms with Crippen LogP contribution in [0, 0.1) is 11.8 Å². The first-order valence-electron chi connectivity index (χ1n) is 4.83. The maximum absolute atomic E-state index is 11.6. The van der Waals surface area contributed by atoms with Crippen LogP contribution in [0.2, 0.25) is 0 Å². The third-order valence-electron chi connectivity index (χ3n) is 2.39. The Labute approximate surface area is 79.4 Å². The normalized spacial score (nSPS) is 24.6. The Hall–Kier alpha value is -0.410. The molecule has 1 aliphatic rings. The highest BCUT2D eigenvalue weighted by Crippen LogP contribution is 2.17. The van der Waals surface area contributed by atoms with Crippen LogP contribution in [0.3, 0.4) is 0 Å². The average molecular weight is 186 g/mol. The number of methoxy groups -OCH3 is 1. The standard InChI is InChI=1S/C10H18O3/c1-8(6-12-2)5-10(11)9-3-4-13-7-9/h8-9H,3-7H2,1-2H3. The van der Waals surface area contributed by atoms with Gasteiger partial charge in [-0.05, 0) is 12.3 Å². The van der Waals surface area contributed by atoms with Crippen molar-refractivity contribution in [2.45, 2.75) is 19.8 Å². The Morgan fingerprint density at radius 3 is 3.00 bits per heavy atom. The van der Waals surface area contributed by atoms with E-state index >= 15 is 0 Å². The van der Waals surface area contributed by atoms with Crippen LogP contribution < -0.4 is 0 Å². The van der Waals surface area contributed by atoms with Crippen molar-refractivity contribution in [3.05, 3.63) is 0 Å². The first kappa shape index (κ1) is 10.7. The van der Waals surface area contributed by atoms with E-state index < -0.39 is 0 Å². The number of hydrogen-bond acceptors (Lipinski definition) is 3. The predicted octanol–water partition coefficient (Wildman–Crippen LogP) is 1.26. The van der Waals surface area contributed by atoms with Crippen molar-refractivity contribution in [1.82, 2.24) is 0 Å². The molecule has 0 spiro atoms. The number of rotatable bonds is 5. The molecule has 1 saturated heterocycles. The molecule has 2 unspecified atom stereocenters. The molecule has 0 aromatic carbocycles. The second-order valence-electron chi connectivity index (χ2n) is 3.79. The summed E-state index contributed by atoms with van der Waals surface area (Å²) in [6, 6.07) is 0. The molecule has 1 rings (SSSR count). The van der Waals surface area contributed by atoms with E-state index in [-0.39, 0.29) is 5.92 Å². The van der Waals surface area contributed by atoms with Crippen LogP contribution in [-0.2, 0) is 14.3 Å². The minimum atomic E-state index is 0.152. The summed E-state index contributed by atoms with van der Waals surface area (Å²) < 4.78 is 10.2. The molecule has 1 fully saturated rings. The number of carbonyl (C=O) groups excluding carboxylic acids is 1. The molecule has 0 radical (unpaired) electrons. The highest BCUT2D eigenvalue weighted by Gasteiger charge is 2.24. The second-order valence-corrected chi connectivity index (χ2v) is 3.79. The van der Waals surface area contributed by atoms with Crippen molar-refractivity contribution in [2.75, 3.05) is 26.9 Å². The summed E-state index contributed by atoms with van der Waals surface area (Å²) >= 11 is 0. The SMILES string of the molecule is COCC(C)CC(=O)C1CCOC1. The number of carbonyl (C=O) groups is 1. The molecule has 3 nitrogen and oxygen atoms in total. The number of ketones is 1. The van der Waals surface area contributed by atoms with Gasteiger partial charge in [-0.2, -0.15) is 0 Å². The lowest BCUT2D eigenvalue weighted by atomic mass is 9.95. The molecule has 76 valence electrons. The zero-order valence-electron chi connectivity index (χ0n) is 8.41. The Balaban J connectivity index is 2.23. The Bertz CT molecular complexity index is 162. The van der Waals surface area contributed by atoms with Gasteiger partial charge in [-0.3, -0.25) is 4.79 Å². The van der Waals surface area contributed by atoms with Crippen LogP contribution >= 0.6 is 0 Å². The van der Waals surface area contributed by atoms with Gasteiger partial charge < -0.3 is 9.47 Å². The largest absolute Gasteiger partial charge is 0.384 e. The zero-order valence-corrected chi connectivity index (χ0v) is 8.41. The van der Waals surface area contributed by atoms with Gasteiger partial charge in [0.15, 0.2) is 0 Å². The fourth-order valence-electron chi connectivity index (χ4n) is 1.64. The van der Waals surface area contributed by atoms with Crippen LogP contribution in [0.4, 0.5) is 0 Å². The molecular weight excluding hydrogens is 168 g/mol. The summed E-state index contributed by atoms with van der Waals surface area (Å²) in [6.45, 7) is 4.07. The Morgan fingerprint density at radius 2 is 2.46 bits per heavy atom. The van der Waals surface area contributed by atoms with Crippen LogP contribution in [0.1, 0.15) is 19.8 Å². The van der Waals surface area contributed by atoms with E-state index in [1.165, 1.54) is 0 Å². The lowest BCUT2D eigenvalue weighted by molar-refractivity contribution is -0.124. The summed E-state index contributed by atoms with van der Waals surface area (Å²) in [4.78, 5) is 11.6. The van der Waals surface area contributed by atoms with Crippen molar-refractivity contribution in [2.24, 2.45) is 11.8 Å².